The fourth-order valence-electron chi connectivity index (χ4n) is 5.39. The SMILES string of the molecule is O=C(COc1cccc(Cl)c1)NNC(=O)C12CC3CC(CC(C3)C1)C2. The Morgan fingerprint density at radius 3 is 2.32 bits per heavy atom. The number of halogens is 1. The van der Waals surface area contributed by atoms with Gasteiger partial charge in [0.15, 0.2) is 6.61 Å². The van der Waals surface area contributed by atoms with Gasteiger partial charge in [-0.15, -0.1) is 0 Å². The van der Waals surface area contributed by atoms with Crippen LogP contribution in [0.3, 0.4) is 0 Å². The maximum atomic E-state index is 12.7. The first kappa shape index (κ1) is 16.7. The van der Waals surface area contributed by atoms with Crippen LogP contribution in [0, 0.1) is 23.2 Å². The molecule has 1 aromatic rings. The molecule has 134 valence electrons. The fourth-order valence-corrected chi connectivity index (χ4v) is 5.57. The molecule has 0 spiro atoms. The zero-order valence-corrected chi connectivity index (χ0v) is 14.8. The second-order valence-corrected chi connectivity index (χ2v) is 8.38. The van der Waals surface area contributed by atoms with Crippen LogP contribution in [0.1, 0.15) is 38.5 Å². The van der Waals surface area contributed by atoms with E-state index in [1.165, 1.54) is 19.3 Å². The second kappa shape index (κ2) is 6.52. The van der Waals surface area contributed by atoms with E-state index in [9.17, 15) is 9.59 Å². The summed E-state index contributed by atoms with van der Waals surface area (Å²) in [7, 11) is 0. The number of rotatable bonds is 4. The van der Waals surface area contributed by atoms with Crippen LogP contribution < -0.4 is 15.6 Å². The molecule has 0 atom stereocenters. The lowest BCUT2D eigenvalue weighted by Crippen LogP contribution is -2.57. The Bertz CT molecular complexity index is 656. The van der Waals surface area contributed by atoms with Gasteiger partial charge in [-0.25, -0.2) is 0 Å². The van der Waals surface area contributed by atoms with Crippen LogP contribution in [0.5, 0.6) is 5.75 Å². The number of hydrazine groups is 1. The highest BCUT2D eigenvalue weighted by molar-refractivity contribution is 6.30. The summed E-state index contributed by atoms with van der Waals surface area (Å²) < 4.78 is 5.38. The number of hydrogen-bond donors (Lipinski definition) is 2. The average Bonchev–Trinajstić information content (AvgIpc) is 2.56. The van der Waals surface area contributed by atoms with E-state index in [2.05, 4.69) is 10.9 Å². The van der Waals surface area contributed by atoms with Gasteiger partial charge in [-0.2, -0.15) is 0 Å². The van der Waals surface area contributed by atoms with Gasteiger partial charge in [0.1, 0.15) is 5.75 Å². The Balaban J connectivity index is 1.28. The number of ether oxygens (including phenoxy) is 1. The zero-order valence-electron chi connectivity index (χ0n) is 14.1. The highest BCUT2D eigenvalue weighted by atomic mass is 35.5. The van der Waals surface area contributed by atoms with Crippen LogP contribution >= 0.6 is 11.6 Å². The molecule has 4 saturated carbocycles. The average molecular weight is 363 g/mol. The predicted molar refractivity (Wildman–Crippen MR) is 93.8 cm³/mol. The molecule has 0 heterocycles. The van der Waals surface area contributed by atoms with E-state index in [4.69, 9.17) is 16.3 Å². The summed E-state index contributed by atoms with van der Waals surface area (Å²) in [6.07, 6.45) is 6.77. The summed E-state index contributed by atoms with van der Waals surface area (Å²) >= 11 is 5.88. The van der Waals surface area contributed by atoms with Crippen molar-refractivity contribution in [3.63, 3.8) is 0 Å². The van der Waals surface area contributed by atoms with E-state index >= 15 is 0 Å². The highest BCUT2D eigenvalue weighted by Crippen LogP contribution is 2.59. The molecule has 6 heteroatoms. The topological polar surface area (TPSA) is 67.4 Å². The smallest absolute Gasteiger partial charge is 0.276 e. The van der Waals surface area contributed by atoms with Gasteiger partial charge in [0.2, 0.25) is 5.91 Å². The molecule has 5 rings (SSSR count). The zero-order chi connectivity index (χ0) is 17.4. The lowest BCUT2D eigenvalue weighted by molar-refractivity contribution is -0.149. The van der Waals surface area contributed by atoms with Crippen molar-refractivity contribution in [2.75, 3.05) is 6.61 Å². The first-order chi connectivity index (χ1) is 12.0. The summed E-state index contributed by atoms with van der Waals surface area (Å²) in [4.78, 5) is 24.7. The quantitative estimate of drug-likeness (QED) is 0.809. The van der Waals surface area contributed by atoms with Crippen molar-refractivity contribution in [3.05, 3.63) is 29.3 Å². The molecule has 0 unspecified atom stereocenters. The summed E-state index contributed by atoms with van der Waals surface area (Å²) in [6, 6.07) is 6.86. The monoisotopic (exact) mass is 362 g/mol. The lowest BCUT2D eigenvalue weighted by Gasteiger charge is -2.55. The molecule has 0 radical (unpaired) electrons. The predicted octanol–water partition coefficient (Wildman–Crippen LogP) is 3.08. The molecular formula is C19H23ClN2O3. The number of nitrogens with one attached hydrogen (secondary N) is 2. The molecule has 4 aliphatic rings. The molecule has 0 aromatic heterocycles. The van der Waals surface area contributed by atoms with Crippen LogP contribution in [0.4, 0.5) is 0 Å². The first-order valence-electron chi connectivity index (χ1n) is 9.00. The number of amides is 2. The molecule has 0 aliphatic heterocycles. The van der Waals surface area contributed by atoms with Gasteiger partial charge >= 0.3 is 0 Å². The lowest BCUT2D eigenvalue weighted by atomic mass is 9.49. The summed E-state index contributed by atoms with van der Waals surface area (Å²) in [5.74, 6) is 2.20. The minimum absolute atomic E-state index is 0.0253. The Labute approximate surface area is 152 Å². The number of carbonyl (C=O) groups is 2. The number of hydrogen-bond acceptors (Lipinski definition) is 3. The van der Waals surface area contributed by atoms with Crippen molar-refractivity contribution >= 4 is 23.4 Å². The molecule has 4 bridgehead atoms. The fraction of sp³-hybridized carbons (Fsp3) is 0.579. The summed E-state index contributed by atoms with van der Waals surface area (Å²) in [5.41, 5.74) is 4.87. The van der Waals surface area contributed by atoms with Crippen molar-refractivity contribution in [1.29, 1.82) is 0 Å². The Hall–Kier alpha value is -1.75. The van der Waals surface area contributed by atoms with Gasteiger partial charge in [0.05, 0.1) is 5.41 Å². The maximum Gasteiger partial charge on any atom is 0.276 e. The van der Waals surface area contributed by atoms with Gasteiger partial charge in [-0.05, 0) is 74.5 Å². The standard InChI is InChI=1S/C19H23ClN2O3/c20-15-2-1-3-16(7-15)25-11-17(23)21-22-18(24)19-8-12-4-13(9-19)6-14(5-12)10-19/h1-3,7,12-14H,4-6,8-11H2,(H,21,23)(H,22,24). The molecule has 2 N–H and O–H groups in total. The summed E-state index contributed by atoms with van der Waals surface area (Å²) in [5, 5.41) is 0.549. The van der Waals surface area contributed by atoms with Gasteiger partial charge in [-0.3, -0.25) is 20.4 Å². The molecule has 1 aromatic carbocycles. The van der Waals surface area contributed by atoms with Crippen molar-refractivity contribution in [1.82, 2.24) is 10.9 Å². The van der Waals surface area contributed by atoms with Crippen LogP contribution in [0.15, 0.2) is 24.3 Å². The van der Waals surface area contributed by atoms with E-state index < -0.39 is 0 Å². The van der Waals surface area contributed by atoms with E-state index in [1.807, 2.05) is 0 Å². The van der Waals surface area contributed by atoms with Gasteiger partial charge in [-0.1, -0.05) is 17.7 Å². The minimum Gasteiger partial charge on any atom is -0.484 e. The Morgan fingerprint density at radius 2 is 1.72 bits per heavy atom. The van der Waals surface area contributed by atoms with Crippen LogP contribution in [-0.2, 0) is 9.59 Å². The van der Waals surface area contributed by atoms with Crippen LogP contribution in [-0.4, -0.2) is 18.4 Å². The van der Waals surface area contributed by atoms with Crippen LogP contribution in [0.25, 0.3) is 0 Å². The molecule has 2 amide bonds. The van der Waals surface area contributed by atoms with E-state index in [0.29, 0.717) is 28.5 Å². The third-order valence-corrected chi connectivity index (χ3v) is 6.24. The molecule has 0 saturated heterocycles. The second-order valence-electron chi connectivity index (χ2n) is 7.95. The number of benzene rings is 1. The highest BCUT2D eigenvalue weighted by Gasteiger charge is 2.54. The van der Waals surface area contributed by atoms with Gasteiger partial charge < -0.3 is 4.74 Å². The van der Waals surface area contributed by atoms with E-state index in [1.54, 1.807) is 24.3 Å². The normalized spacial score (nSPS) is 32.3. The molecular weight excluding hydrogens is 340 g/mol. The Morgan fingerprint density at radius 1 is 1.08 bits per heavy atom. The van der Waals surface area contributed by atoms with Crippen molar-refractivity contribution in [2.24, 2.45) is 23.2 Å². The first-order valence-corrected chi connectivity index (χ1v) is 9.38. The van der Waals surface area contributed by atoms with E-state index in [-0.39, 0.29) is 23.8 Å². The number of carbonyl (C=O) groups excluding carboxylic acids is 2. The molecule has 4 fully saturated rings. The van der Waals surface area contributed by atoms with Crippen molar-refractivity contribution in [3.8, 4) is 5.75 Å². The third-order valence-electron chi connectivity index (χ3n) is 6.00. The maximum absolute atomic E-state index is 12.7. The van der Waals surface area contributed by atoms with Crippen LogP contribution in [0.2, 0.25) is 5.02 Å². The van der Waals surface area contributed by atoms with Crippen molar-refractivity contribution < 1.29 is 14.3 Å². The van der Waals surface area contributed by atoms with Crippen molar-refractivity contribution in [2.45, 2.75) is 38.5 Å². The minimum atomic E-state index is -0.377. The summed E-state index contributed by atoms with van der Waals surface area (Å²) in [6.45, 7) is -0.165. The Kier molecular flexibility index (Phi) is 4.36. The third kappa shape index (κ3) is 3.47. The van der Waals surface area contributed by atoms with Gasteiger partial charge in [0.25, 0.3) is 5.91 Å². The molecule has 25 heavy (non-hydrogen) atoms. The van der Waals surface area contributed by atoms with E-state index in [0.717, 1.165) is 19.3 Å². The largest absolute Gasteiger partial charge is 0.484 e. The molecule has 5 nitrogen and oxygen atoms in total. The van der Waals surface area contributed by atoms with Gasteiger partial charge in [0, 0.05) is 5.02 Å². The molecule has 4 aliphatic carbocycles.